The first kappa shape index (κ1) is 24.3. The Morgan fingerprint density at radius 1 is 1.10 bits per heavy atom. The van der Waals surface area contributed by atoms with Gasteiger partial charge in [0, 0.05) is 37.5 Å². The third-order valence-electron chi connectivity index (χ3n) is 7.94. The van der Waals surface area contributed by atoms with Crippen LogP contribution in [0.3, 0.4) is 0 Å². The number of hydrogen-bond donors (Lipinski definition) is 0. The number of nitrogens with zero attached hydrogens (tertiary/aromatic N) is 5. The molecule has 0 radical (unpaired) electrons. The molecule has 1 spiro atoms. The van der Waals surface area contributed by atoms with Crippen LogP contribution in [0.1, 0.15) is 17.7 Å². The van der Waals surface area contributed by atoms with Gasteiger partial charge in [-0.1, -0.05) is 6.07 Å². The molecule has 2 atom stereocenters. The topological polar surface area (TPSA) is 82.0 Å². The fourth-order valence-electron chi connectivity index (χ4n) is 6.08. The average Bonchev–Trinajstić information content (AvgIpc) is 3.49. The van der Waals surface area contributed by atoms with Gasteiger partial charge in [0.2, 0.25) is 5.88 Å². The van der Waals surface area contributed by atoms with Gasteiger partial charge in [-0.25, -0.2) is 9.18 Å². The molecule has 0 amide bonds. The molecular formula is C26H23F4N5O4. The third-order valence-corrected chi connectivity index (χ3v) is 7.94. The summed E-state index contributed by atoms with van der Waals surface area (Å²) in [4.78, 5) is 25.0. The third kappa shape index (κ3) is 4.11. The van der Waals surface area contributed by atoms with Crippen molar-refractivity contribution in [1.29, 1.82) is 0 Å². The van der Waals surface area contributed by atoms with E-state index in [4.69, 9.17) is 14.2 Å². The van der Waals surface area contributed by atoms with Crippen LogP contribution in [0.4, 0.5) is 23.4 Å². The van der Waals surface area contributed by atoms with Crippen LogP contribution in [-0.2, 0) is 24.1 Å². The van der Waals surface area contributed by atoms with Crippen LogP contribution in [0.25, 0.3) is 0 Å². The van der Waals surface area contributed by atoms with Gasteiger partial charge >= 0.3 is 11.9 Å². The molecule has 3 aromatic rings. The van der Waals surface area contributed by atoms with E-state index in [-0.39, 0.29) is 29.5 Å². The van der Waals surface area contributed by atoms with Crippen LogP contribution >= 0.6 is 0 Å². The highest BCUT2D eigenvalue weighted by Gasteiger charge is 2.60. The Morgan fingerprint density at radius 2 is 1.95 bits per heavy atom. The van der Waals surface area contributed by atoms with Gasteiger partial charge in [-0.05, 0) is 30.2 Å². The molecule has 13 heteroatoms. The van der Waals surface area contributed by atoms with Crippen LogP contribution < -0.4 is 20.1 Å². The smallest absolute Gasteiger partial charge is 0.433 e. The number of piperazine rings is 1. The summed E-state index contributed by atoms with van der Waals surface area (Å²) in [7, 11) is 0. The first-order valence-corrected chi connectivity index (χ1v) is 12.5. The largest absolute Gasteiger partial charge is 0.473 e. The minimum Gasteiger partial charge on any atom is -0.473 e. The molecule has 204 valence electrons. The molecule has 2 aromatic heterocycles. The van der Waals surface area contributed by atoms with Crippen LogP contribution in [0.15, 0.2) is 47.4 Å². The zero-order chi connectivity index (χ0) is 26.9. The molecule has 0 aliphatic carbocycles. The molecule has 0 saturated carbocycles. The highest BCUT2D eigenvalue weighted by atomic mass is 19.4. The number of aromatic nitrogens is 3. The molecule has 0 unspecified atom stereocenters. The number of benzene rings is 1. The highest BCUT2D eigenvalue weighted by molar-refractivity contribution is 5.53. The lowest BCUT2D eigenvalue weighted by molar-refractivity contribution is -0.141. The van der Waals surface area contributed by atoms with E-state index < -0.39 is 23.4 Å². The lowest BCUT2D eigenvalue weighted by Crippen LogP contribution is -2.59. The van der Waals surface area contributed by atoms with E-state index in [1.165, 1.54) is 18.2 Å². The van der Waals surface area contributed by atoms with Gasteiger partial charge in [0.05, 0.1) is 31.3 Å². The number of halogens is 4. The number of likely N-dealkylation sites (tertiary alicyclic amines) is 1. The summed E-state index contributed by atoms with van der Waals surface area (Å²) in [6.07, 6.45) is -2.71. The lowest BCUT2D eigenvalue weighted by Gasteiger charge is -2.44. The highest BCUT2D eigenvalue weighted by Crippen LogP contribution is 2.49. The number of pyridine rings is 1. The van der Waals surface area contributed by atoms with Gasteiger partial charge in [-0.2, -0.15) is 18.2 Å². The number of hydrogen-bond acceptors (Lipinski definition) is 8. The second-order valence-electron chi connectivity index (χ2n) is 10.4. The number of fused-ring (bicyclic) bond motifs is 3. The fraction of sp³-hybridized carbons (Fsp3) is 0.423. The van der Waals surface area contributed by atoms with Crippen LogP contribution in [0.5, 0.6) is 17.4 Å². The van der Waals surface area contributed by atoms with E-state index in [1.807, 2.05) is 0 Å². The van der Waals surface area contributed by atoms with Crippen molar-refractivity contribution in [2.45, 2.75) is 43.4 Å². The van der Waals surface area contributed by atoms with Crippen molar-refractivity contribution in [3.05, 3.63) is 70.2 Å². The Kier molecular flexibility index (Phi) is 5.40. The molecule has 0 N–H and O–H groups in total. The predicted octanol–water partition coefficient (Wildman–Crippen LogP) is 3.21. The van der Waals surface area contributed by atoms with Crippen molar-refractivity contribution >= 4 is 5.82 Å². The van der Waals surface area contributed by atoms with Gasteiger partial charge in [0.1, 0.15) is 23.9 Å². The molecule has 39 heavy (non-hydrogen) atoms. The number of rotatable bonds is 6. The number of ether oxygens (including phenoxy) is 3. The molecule has 3 fully saturated rings. The summed E-state index contributed by atoms with van der Waals surface area (Å²) in [5, 5.41) is 0. The van der Waals surface area contributed by atoms with Crippen molar-refractivity contribution in [2.24, 2.45) is 0 Å². The van der Waals surface area contributed by atoms with E-state index >= 15 is 0 Å². The van der Waals surface area contributed by atoms with Gasteiger partial charge in [0.15, 0.2) is 11.6 Å². The normalized spacial score (nSPS) is 24.0. The van der Waals surface area contributed by atoms with Crippen molar-refractivity contribution in [2.75, 3.05) is 31.2 Å². The summed E-state index contributed by atoms with van der Waals surface area (Å²) >= 11 is 0. The summed E-state index contributed by atoms with van der Waals surface area (Å²) < 4.78 is 71.5. The van der Waals surface area contributed by atoms with Crippen molar-refractivity contribution in [1.82, 2.24) is 19.4 Å². The molecule has 1 aromatic carbocycles. The van der Waals surface area contributed by atoms with E-state index in [0.717, 1.165) is 50.8 Å². The first-order chi connectivity index (χ1) is 18.7. The van der Waals surface area contributed by atoms with E-state index in [1.54, 1.807) is 10.6 Å². The maximum Gasteiger partial charge on any atom is 0.433 e. The zero-order valence-electron chi connectivity index (χ0n) is 20.5. The number of alkyl halides is 3. The SMILES string of the molecule is O=c1nc(OCc2ccc(Oc3ccnc(C(F)(F)F)c3)c(F)c2)cc2n1C[C@@]13C[C@@H](CN21)N(C1COC1)C3. The minimum absolute atomic E-state index is 0.0657. The molecule has 9 nitrogen and oxygen atoms in total. The molecular weight excluding hydrogens is 522 g/mol. The Hall–Kier alpha value is -3.71. The Morgan fingerprint density at radius 3 is 2.69 bits per heavy atom. The summed E-state index contributed by atoms with van der Waals surface area (Å²) in [6, 6.07) is 8.53. The summed E-state index contributed by atoms with van der Waals surface area (Å²) in [5.74, 6) is -0.292. The molecule has 3 saturated heterocycles. The number of anilines is 1. The van der Waals surface area contributed by atoms with Crippen LogP contribution in [0.2, 0.25) is 0 Å². The second kappa shape index (κ2) is 8.65. The molecule has 2 bridgehead atoms. The van der Waals surface area contributed by atoms with Crippen molar-refractivity contribution < 1.29 is 31.8 Å². The molecule has 4 aliphatic rings. The Balaban J connectivity index is 1.04. The van der Waals surface area contributed by atoms with E-state index in [9.17, 15) is 22.4 Å². The van der Waals surface area contributed by atoms with E-state index in [2.05, 4.69) is 19.8 Å². The molecule has 7 rings (SSSR count). The van der Waals surface area contributed by atoms with Gasteiger partial charge < -0.3 is 19.1 Å². The maximum absolute atomic E-state index is 14.7. The molecule has 6 heterocycles. The zero-order valence-corrected chi connectivity index (χ0v) is 20.5. The van der Waals surface area contributed by atoms with Crippen LogP contribution in [0, 0.1) is 5.82 Å². The van der Waals surface area contributed by atoms with Crippen molar-refractivity contribution in [3.8, 4) is 17.4 Å². The van der Waals surface area contributed by atoms with Crippen LogP contribution in [-0.4, -0.2) is 63.4 Å². The van der Waals surface area contributed by atoms with Gasteiger partial charge in [-0.15, -0.1) is 0 Å². The average molecular weight is 545 g/mol. The maximum atomic E-state index is 14.7. The van der Waals surface area contributed by atoms with Gasteiger partial charge in [0.25, 0.3) is 0 Å². The van der Waals surface area contributed by atoms with Crippen molar-refractivity contribution in [3.63, 3.8) is 0 Å². The summed E-state index contributed by atoms with van der Waals surface area (Å²) in [6.45, 7) is 3.75. The van der Waals surface area contributed by atoms with Gasteiger partial charge in [-0.3, -0.25) is 14.5 Å². The molecule has 4 aliphatic heterocycles. The Bertz CT molecular complexity index is 1510. The minimum atomic E-state index is -4.64. The monoisotopic (exact) mass is 545 g/mol. The summed E-state index contributed by atoms with van der Waals surface area (Å²) in [5.41, 5.74) is -1.22. The first-order valence-electron chi connectivity index (χ1n) is 12.5. The lowest BCUT2D eigenvalue weighted by atomic mass is 10.00. The Labute approximate surface area is 219 Å². The fourth-order valence-corrected chi connectivity index (χ4v) is 6.08. The quantitative estimate of drug-likeness (QED) is 0.437. The predicted molar refractivity (Wildman–Crippen MR) is 128 cm³/mol. The second-order valence-corrected chi connectivity index (χ2v) is 10.4. The standard InChI is InChI=1S/C26H23F4N5O4/c27-19-5-15(1-2-20(19)39-18-3-4-31-21(6-18)26(28,29)30)10-38-22-7-23-34(24(36)32-22)14-25-8-16(9-35(23)25)33(13-25)17-11-37-12-17/h1-7,16-17H,8-14H2/t16-,25-/m0/s1. The van der Waals surface area contributed by atoms with E-state index in [0.29, 0.717) is 30.3 Å².